The van der Waals surface area contributed by atoms with Crippen LogP contribution in [-0.2, 0) is 30.9 Å². The number of hydrogen-bond donors (Lipinski definition) is 2. The summed E-state index contributed by atoms with van der Waals surface area (Å²) in [4.78, 5) is 27.7. The molecule has 0 aliphatic carbocycles. The lowest BCUT2D eigenvalue weighted by Gasteiger charge is -2.33. The molecular weight excluding hydrogens is 446 g/mol. The Kier molecular flexibility index (Phi) is 8.65. The van der Waals surface area contributed by atoms with Crippen LogP contribution in [0.1, 0.15) is 32.4 Å². The number of rotatable bonds is 11. The summed E-state index contributed by atoms with van der Waals surface area (Å²) in [7, 11) is -3.88. The van der Waals surface area contributed by atoms with Crippen LogP contribution in [0.2, 0.25) is 0 Å². The summed E-state index contributed by atoms with van der Waals surface area (Å²) < 4.78 is 38.4. The summed E-state index contributed by atoms with van der Waals surface area (Å²) in [6.07, 6.45) is 3.29. The Morgan fingerprint density at radius 3 is 2.52 bits per heavy atom. The van der Waals surface area contributed by atoms with E-state index in [1.165, 1.54) is 23.3 Å². The van der Waals surface area contributed by atoms with Crippen LogP contribution in [0.5, 0.6) is 0 Å². The molecule has 1 aliphatic heterocycles. The van der Waals surface area contributed by atoms with Gasteiger partial charge in [0.2, 0.25) is 21.8 Å². The molecule has 33 heavy (non-hydrogen) atoms. The molecule has 1 aromatic carbocycles. The zero-order chi connectivity index (χ0) is 23.8. The minimum atomic E-state index is -3.88. The standard InChI is InChI=1S/C23H31N3O6S/c1-17(2)22(23(28)24-14-18-8-6-12-31-18)26(16-19-9-7-13-32-19)21(27)15-25-33(29,30)20-10-4-3-5-11-20/h3-5,7,9-11,13,17-18,22,25H,6,8,12,14-16H2,1-2H3,(H,24,28)/t18-,22-/m1/s1. The van der Waals surface area contributed by atoms with Crippen molar-refractivity contribution in [1.82, 2.24) is 14.9 Å². The molecule has 2 heterocycles. The number of nitrogens with one attached hydrogen (secondary N) is 2. The number of hydrogen-bond acceptors (Lipinski definition) is 6. The maximum absolute atomic E-state index is 13.2. The summed E-state index contributed by atoms with van der Waals surface area (Å²) >= 11 is 0. The van der Waals surface area contributed by atoms with Crippen molar-refractivity contribution in [2.75, 3.05) is 19.7 Å². The second-order valence-corrected chi connectivity index (χ2v) is 10.1. The first kappa shape index (κ1) is 24.9. The lowest BCUT2D eigenvalue weighted by Crippen LogP contribution is -2.54. The molecule has 0 saturated carbocycles. The molecule has 1 aliphatic rings. The highest BCUT2D eigenvalue weighted by atomic mass is 32.2. The Labute approximate surface area is 194 Å². The molecular formula is C23H31N3O6S. The van der Waals surface area contributed by atoms with Crippen LogP contribution >= 0.6 is 0 Å². The number of sulfonamides is 1. The van der Waals surface area contributed by atoms with Crippen molar-refractivity contribution >= 4 is 21.8 Å². The van der Waals surface area contributed by atoms with E-state index in [0.29, 0.717) is 18.9 Å². The molecule has 2 atom stereocenters. The minimum absolute atomic E-state index is 0.0336. The van der Waals surface area contributed by atoms with E-state index in [9.17, 15) is 18.0 Å². The number of carbonyl (C=O) groups excluding carboxylic acids is 2. The summed E-state index contributed by atoms with van der Waals surface area (Å²) in [6.45, 7) is 4.28. The molecule has 0 spiro atoms. The smallest absolute Gasteiger partial charge is 0.243 e. The van der Waals surface area contributed by atoms with Crippen LogP contribution in [0.4, 0.5) is 0 Å². The average Bonchev–Trinajstić information content (AvgIpc) is 3.50. The first-order valence-corrected chi connectivity index (χ1v) is 12.5. The van der Waals surface area contributed by atoms with Gasteiger partial charge in [0.05, 0.1) is 30.4 Å². The highest BCUT2D eigenvalue weighted by Crippen LogP contribution is 2.18. The van der Waals surface area contributed by atoms with Crippen molar-refractivity contribution in [3.05, 3.63) is 54.5 Å². The monoisotopic (exact) mass is 477 g/mol. The van der Waals surface area contributed by atoms with Gasteiger partial charge < -0.3 is 19.4 Å². The summed E-state index contributed by atoms with van der Waals surface area (Å²) in [5, 5.41) is 2.89. The maximum atomic E-state index is 13.2. The van der Waals surface area contributed by atoms with Gasteiger partial charge in [-0.15, -0.1) is 0 Å². The number of nitrogens with zero attached hydrogens (tertiary/aromatic N) is 1. The van der Waals surface area contributed by atoms with Crippen LogP contribution in [0.15, 0.2) is 58.0 Å². The van der Waals surface area contributed by atoms with Crippen LogP contribution in [0.25, 0.3) is 0 Å². The lowest BCUT2D eigenvalue weighted by atomic mass is 10.0. The van der Waals surface area contributed by atoms with Crippen LogP contribution < -0.4 is 10.0 Å². The second kappa shape index (κ2) is 11.4. The van der Waals surface area contributed by atoms with Gasteiger partial charge in [-0.05, 0) is 43.0 Å². The van der Waals surface area contributed by atoms with E-state index < -0.39 is 28.5 Å². The highest BCUT2D eigenvalue weighted by Gasteiger charge is 2.34. The molecule has 1 fully saturated rings. The normalized spacial score (nSPS) is 17.1. The fraction of sp³-hybridized carbons (Fsp3) is 0.478. The molecule has 0 radical (unpaired) electrons. The third kappa shape index (κ3) is 6.89. The molecule has 1 aromatic heterocycles. The van der Waals surface area contributed by atoms with Gasteiger partial charge in [-0.1, -0.05) is 32.0 Å². The van der Waals surface area contributed by atoms with Gasteiger partial charge in [0, 0.05) is 13.2 Å². The molecule has 1 saturated heterocycles. The summed E-state index contributed by atoms with van der Waals surface area (Å²) in [5.74, 6) is -0.575. The fourth-order valence-corrected chi connectivity index (χ4v) is 4.78. The first-order chi connectivity index (χ1) is 15.8. The molecule has 10 heteroatoms. The minimum Gasteiger partial charge on any atom is -0.467 e. The second-order valence-electron chi connectivity index (χ2n) is 8.31. The number of furan rings is 1. The van der Waals surface area contributed by atoms with Crippen LogP contribution in [-0.4, -0.2) is 57.0 Å². The lowest BCUT2D eigenvalue weighted by molar-refractivity contribution is -0.142. The van der Waals surface area contributed by atoms with Crippen LogP contribution in [0.3, 0.4) is 0 Å². The molecule has 0 unspecified atom stereocenters. The van der Waals surface area contributed by atoms with E-state index in [2.05, 4.69) is 10.0 Å². The largest absolute Gasteiger partial charge is 0.467 e. The third-order valence-electron chi connectivity index (χ3n) is 5.46. The Morgan fingerprint density at radius 2 is 1.91 bits per heavy atom. The third-order valence-corrected chi connectivity index (χ3v) is 6.87. The van der Waals surface area contributed by atoms with Crippen molar-refractivity contribution in [1.29, 1.82) is 0 Å². The molecule has 2 aromatic rings. The number of benzene rings is 1. The Balaban J connectivity index is 1.74. The molecule has 0 bridgehead atoms. The van der Waals surface area contributed by atoms with Gasteiger partial charge in [-0.2, -0.15) is 0 Å². The first-order valence-electron chi connectivity index (χ1n) is 11.0. The summed E-state index contributed by atoms with van der Waals surface area (Å²) in [5.41, 5.74) is 0. The van der Waals surface area contributed by atoms with E-state index in [1.54, 1.807) is 30.3 Å². The van der Waals surface area contributed by atoms with Crippen molar-refractivity contribution in [2.24, 2.45) is 5.92 Å². The Bertz CT molecular complexity index is 1000. The fourth-order valence-electron chi connectivity index (χ4n) is 3.78. The average molecular weight is 478 g/mol. The van der Waals surface area contributed by atoms with E-state index in [0.717, 1.165) is 12.8 Å². The zero-order valence-electron chi connectivity index (χ0n) is 18.9. The van der Waals surface area contributed by atoms with Crippen molar-refractivity contribution in [3.63, 3.8) is 0 Å². The van der Waals surface area contributed by atoms with E-state index >= 15 is 0 Å². The number of carbonyl (C=O) groups is 2. The van der Waals surface area contributed by atoms with Gasteiger partial charge in [0.15, 0.2) is 0 Å². The van der Waals surface area contributed by atoms with E-state index in [4.69, 9.17) is 9.15 Å². The van der Waals surface area contributed by atoms with Gasteiger partial charge in [-0.3, -0.25) is 9.59 Å². The SMILES string of the molecule is CC(C)[C@H](C(=O)NC[C@H]1CCCO1)N(Cc1ccco1)C(=O)CNS(=O)(=O)c1ccccc1. The Hall–Kier alpha value is -2.69. The topological polar surface area (TPSA) is 118 Å². The molecule has 3 rings (SSSR count). The van der Waals surface area contributed by atoms with Gasteiger partial charge in [0.25, 0.3) is 0 Å². The van der Waals surface area contributed by atoms with Gasteiger partial charge in [-0.25, -0.2) is 13.1 Å². The highest BCUT2D eigenvalue weighted by molar-refractivity contribution is 7.89. The quantitative estimate of drug-likeness (QED) is 0.510. The number of ether oxygens (including phenoxy) is 1. The molecule has 2 N–H and O–H groups in total. The summed E-state index contributed by atoms with van der Waals surface area (Å²) in [6, 6.07) is 10.4. The van der Waals surface area contributed by atoms with Crippen molar-refractivity contribution in [2.45, 2.75) is 50.3 Å². The van der Waals surface area contributed by atoms with Gasteiger partial charge in [0.1, 0.15) is 11.8 Å². The maximum Gasteiger partial charge on any atom is 0.243 e. The number of amides is 2. The van der Waals surface area contributed by atoms with E-state index in [-0.39, 0.29) is 29.4 Å². The van der Waals surface area contributed by atoms with Gasteiger partial charge >= 0.3 is 0 Å². The Morgan fingerprint density at radius 1 is 1.15 bits per heavy atom. The predicted octanol–water partition coefficient (Wildman–Crippen LogP) is 1.91. The molecule has 9 nitrogen and oxygen atoms in total. The molecule has 2 amide bonds. The van der Waals surface area contributed by atoms with Crippen molar-refractivity contribution in [3.8, 4) is 0 Å². The van der Waals surface area contributed by atoms with Crippen molar-refractivity contribution < 1.29 is 27.2 Å². The predicted molar refractivity (Wildman–Crippen MR) is 121 cm³/mol. The van der Waals surface area contributed by atoms with E-state index in [1.807, 2.05) is 13.8 Å². The molecule has 180 valence electrons. The van der Waals surface area contributed by atoms with Crippen LogP contribution in [0, 0.1) is 5.92 Å². The zero-order valence-corrected chi connectivity index (χ0v) is 19.7.